The Morgan fingerprint density at radius 2 is 1.77 bits per heavy atom. The van der Waals surface area contributed by atoms with Gasteiger partial charge in [-0.1, -0.05) is 42.1 Å². The van der Waals surface area contributed by atoms with E-state index in [2.05, 4.69) is 33.5 Å². The van der Waals surface area contributed by atoms with Crippen molar-refractivity contribution in [3.63, 3.8) is 0 Å². The smallest absolute Gasteiger partial charge is 0.253 e. The van der Waals surface area contributed by atoms with Gasteiger partial charge in [-0.2, -0.15) is 0 Å². The molecule has 0 saturated heterocycles. The van der Waals surface area contributed by atoms with E-state index in [1.165, 1.54) is 23.0 Å². The highest BCUT2D eigenvalue weighted by molar-refractivity contribution is 8.00. The molecule has 2 amide bonds. The van der Waals surface area contributed by atoms with Gasteiger partial charge in [0.1, 0.15) is 16.2 Å². The fourth-order valence-electron chi connectivity index (χ4n) is 2.98. The highest BCUT2D eigenvalue weighted by atomic mass is 32.2. The number of carbonyl (C=O) groups excluding carboxylic acids is 2. The van der Waals surface area contributed by atoms with Crippen molar-refractivity contribution in [2.45, 2.75) is 5.03 Å². The average molecular weight is 449 g/mol. The molecule has 1 N–H and O–H groups in total. The molecule has 31 heavy (non-hydrogen) atoms. The molecule has 0 unspecified atom stereocenters. The monoisotopic (exact) mass is 448 g/mol. The number of hydrogen-bond donors (Lipinski definition) is 1. The predicted molar refractivity (Wildman–Crippen MR) is 127 cm³/mol. The molecule has 2 aromatic heterocycles. The van der Waals surface area contributed by atoms with Crippen LogP contribution in [-0.2, 0) is 4.79 Å². The zero-order valence-electron chi connectivity index (χ0n) is 17.0. The van der Waals surface area contributed by atoms with Crippen molar-refractivity contribution in [2.75, 3.05) is 25.2 Å². The van der Waals surface area contributed by atoms with Crippen molar-refractivity contribution < 1.29 is 9.59 Å². The minimum atomic E-state index is -0.137. The molecule has 2 aromatic carbocycles. The zero-order chi connectivity index (χ0) is 21.8. The highest BCUT2D eigenvalue weighted by Gasteiger charge is 2.13. The largest absolute Gasteiger partial charge is 0.345 e. The van der Waals surface area contributed by atoms with E-state index in [0.717, 1.165) is 25.7 Å². The lowest BCUT2D eigenvalue weighted by Gasteiger charge is -2.11. The lowest BCUT2D eigenvalue weighted by Crippen LogP contribution is -2.21. The first-order valence-corrected chi connectivity index (χ1v) is 11.4. The number of amides is 2. The van der Waals surface area contributed by atoms with E-state index in [-0.39, 0.29) is 17.6 Å². The summed E-state index contributed by atoms with van der Waals surface area (Å²) in [4.78, 5) is 36.7. The van der Waals surface area contributed by atoms with Crippen LogP contribution in [-0.4, -0.2) is 46.5 Å². The summed E-state index contributed by atoms with van der Waals surface area (Å²) in [7, 11) is 3.41. The summed E-state index contributed by atoms with van der Waals surface area (Å²) in [6, 6.07) is 19.1. The number of carbonyl (C=O) groups is 2. The number of nitrogens with zero attached hydrogens (tertiary/aromatic N) is 3. The van der Waals surface area contributed by atoms with E-state index in [9.17, 15) is 9.59 Å². The number of rotatable bonds is 6. The van der Waals surface area contributed by atoms with Crippen LogP contribution in [0.1, 0.15) is 10.4 Å². The van der Waals surface area contributed by atoms with Gasteiger partial charge >= 0.3 is 0 Å². The van der Waals surface area contributed by atoms with E-state index < -0.39 is 0 Å². The molecule has 0 fully saturated rings. The summed E-state index contributed by atoms with van der Waals surface area (Å²) >= 11 is 2.99. The number of fused-ring (bicyclic) bond motifs is 1. The van der Waals surface area contributed by atoms with Gasteiger partial charge in [-0.25, -0.2) is 9.97 Å². The Labute approximate surface area is 188 Å². The molecule has 0 saturated carbocycles. The predicted octanol–water partition coefficient (Wildman–Crippen LogP) is 4.79. The van der Waals surface area contributed by atoms with Gasteiger partial charge in [-0.3, -0.25) is 9.59 Å². The second-order valence-electron chi connectivity index (χ2n) is 6.99. The van der Waals surface area contributed by atoms with E-state index in [1.54, 1.807) is 49.7 Å². The maximum Gasteiger partial charge on any atom is 0.253 e. The second kappa shape index (κ2) is 9.28. The first-order chi connectivity index (χ1) is 15.0. The fourth-order valence-corrected chi connectivity index (χ4v) is 4.82. The van der Waals surface area contributed by atoms with Gasteiger partial charge in [0.05, 0.1) is 5.75 Å². The molecular weight excluding hydrogens is 428 g/mol. The molecule has 0 atom stereocenters. The van der Waals surface area contributed by atoms with Crippen LogP contribution in [0, 0.1) is 0 Å². The topological polar surface area (TPSA) is 75.2 Å². The summed E-state index contributed by atoms with van der Waals surface area (Å²) in [5, 5.41) is 4.60. The van der Waals surface area contributed by atoms with Crippen LogP contribution >= 0.6 is 23.1 Å². The molecule has 0 aliphatic carbocycles. The van der Waals surface area contributed by atoms with Gasteiger partial charge in [-0.15, -0.1) is 11.3 Å². The number of nitrogens with one attached hydrogen (secondary N) is 1. The SMILES string of the molecule is CN(C)C(=O)c1ccc(NC(=O)CSc2ncnc3sc(-c4ccccc4)cc23)cc1. The zero-order valence-corrected chi connectivity index (χ0v) is 18.7. The average Bonchev–Trinajstić information content (AvgIpc) is 3.23. The molecule has 0 aliphatic rings. The van der Waals surface area contributed by atoms with Gasteiger partial charge in [0.15, 0.2) is 0 Å². The van der Waals surface area contributed by atoms with Crippen molar-refractivity contribution in [1.82, 2.24) is 14.9 Å². The molecule has 4 aromatic rings. The number of benzene rings is 2. The molecule has 6 nitrogen and oxygen atoms in total. The van der Waals surface area contributed by atoms with E-state index in [0.29, 0.717) is 11.3 Å². The third-order valence-electron chi connectivity index (χ3n) is 4.51. The van der Waals surface area contributed by atoms with Crippen LogP contribution in [0.2, 0.25) is 0 Å². The quantitative estimate of drug-likeness (QED) is 0.339. The van der Waals surface area contributed by atoms with Crippen LogP contribution in [0.25, 0.3) is 20.7 Å². The first-order valence-electron chi connectivity index (χ1n) is 9.55. The molecule has 4 rings (SSSR count). The minimum absolute atomic E-state index is 0.0770. The third-order valence-corrected chi connectivity index (χ3v) is 6.61. The van der Waals surface area contributed by atoms with Gasteiger partial charge in [0, 0.05) is 35.6 Å². The van der Waals surface area contributed by atoms with Crippen LogP contribution in [0.5, 0.6) is 0 Å². The standard InChI is InChI=1S/C23H20N4O2S2/c1-27(2)23(29)16-8-10-17(11-9-16)26-20(28)13-30-21-18-12-19(15-6-4-3-5-7-15)31-22(18)25-14-24-21/h3-12,14H,13H2,1-2H3,(H,26,28). The summed E-state index contributed by atoms with van der Waals surface area (Å²) < 4.78 is 0. The van der Waals surface area contributed by atoms with Crippen molar-refractivity contribution in [3.05, 3.63) is 72.6 Å². The Kier molecular flexibility index (Phi) is 6.29. The van der Waals surface area contributed by atoms with Crippen LogP contribution < -0.4 is 5.32 Å². The van der Waals surface area contributed by atoms with Gasteiger partial charge < -0.3 is 10.2 Å². The third kappa shape index (κ3) is 4.92. The number of anilines is 1. The summed E-state index contributed by atoms with van der Waals surface area (Å²) in [5.41, 5.74) is 2.36. The van der Waals surface area contributed by atoms with Gasteiger partial charge in [0.2, 0.25) is 5.91 Å². The number of thioether (sulfide) groups is 1. The summed E-state index contributed by atoms with van der Waals surface area (Å²) in [6.07, 6.45) is 1.54. The molecule has 0 radical (unpaired) electrons. The van der Waals surface area contributed by atoms with Crippen molar-refractivity contribution in [2.24, 2.45) is 0 Å². The number of aromatic nitrogens is 2. The Morgan fingerprint density at radius 3 is 2.48 bits per heavy atom. The Hall–Kier alpha value is -3.23. The Morgan fingerprint density at radius 1 is 1.03 bits per heavy atom. The molecule has 0 bridgehead atoms. The maximum atomic E-state index is 12.4. The molecule has 2 heterocycles. The normalized spacial score (nSPS) is 10.8. The number of thiophene rings is 1. The highest BCUT2D eigenvalue weighted by Crippen LogP contribution is 2.36. The molecule has 8 heteroatoms. The van der Waals surface area contributed by atoms with E-state index in [1.807, 2.05) is 18.2 Å². The van der Waals surface area contributed by atoms with E-state index >= 15 is 0 Å². The van der Waals surface area contributed by atoms with Crippen molar-refractivity contribution >= 4 is 50.8 Å². The minimum Gasteiger partial charge on any atom is -0.345 e. The molecule has 0 aliphatic heterocycles. The second-order valence-corrected chi connectivity index (χ2v) is 8.98. The van der Waals surface area contributed by atoms with Gasteiger partial charge in [-0.05, 0) is 35.9 Å². The van der Waals surface area contributed by atoms with Crippen LogP contribution in [0.3, 0.4) is 0 Å². The lowest BCUT2D eigenvalue weighted by atomic mass is 10.2. The fraction of sp³-hybridized carbons (Fsp3) is 0.130. The number of hydrogen-bond acceptors (Lipinski definition) is 6. The van der Waals surface area contributed by atoms with Crippen molar-refractivity contribution in [1.29, 1.82) is 0 Å². The van der Waals surface area contributed by atoms with E-state index in [4.69, 9.17) is 0 Å². The molecular formula is C23H20N4O2S2. The molecule has 0 spiro atoms. The summed E-state index contributed by atoms with van der Waals surface area (Å²) in [5.74, 6) is 0.00916. The Bertz CT molecular complexity index is 1220. The summed E-state index contributed by atoms with van der Waals surface area (Å²) in [6.45, 7) is 0. The first kappa shape index (κ1) is 21.0. The van der Waals surface area contributed by atoms with Crippen LogP contribution in [0.4, 0.5) is 5.69 Å². The maximum absolute atomic E-state index is 12.4. The van der Waals surface area contributed by atoms with Gasteiger partial charge in [0.25, 0.3) is 5.91 Å². The van der Waals surface area contributed by atoms with Crippen LogP contribution in [0.15, 0.2) is 72.0 Å². The Balaban J connectivity index is 1.42. The lowest BCUT2D eigenvalue weighted by molar-refractivity contribution is -0.113. The van der Waals surface area contributed by atoms with Crippen molar-refractivity contribution in [3.8, 4) is 10.4 Å². The molecule has 156 valence electrons.